The molecule has 0 saturated heterocycles. The fourth-order valence-electron chi connectivity index (χ4n) is 9.52. The molecule has 3 heterocycles. The molecule has 5 heteroatoms. The van der Waals surface area contributed by atoms with Gasteiger partial charge in [-0.3, -0.25) is 4.57 Å². The third kappa shape index (κ3) is 8.31. The van der Waals surface area contributed by atoms with Gasteiger partial charge in [-0.05, 0) is 134 Å². The Labute approximate surface area is 387 Å². The largest absolute Gasteiger partial charge is 0.457 e. The second kappa shape index (κ2) is 16.3. The van der Waals surface area contributed by atoms with Crippen LogP contribution in [0.25, 0.3) is 38.8 Å². The summed E-state index contributed by atoms with van der Waals surface area (Å²) in [5, 5.41) is 2.34. The maximum atomic E-state index is 7.04. The first-order valence-electron chi connectivity index (χ1n) is 23.5. The van der Waals surface area contributed by atoms with Crippen LogP contribution in [0, 0.1) is 0 Å². The first kappa shape index (κ1) is 43.9. The number of aromatic nitrogens is 2. The third-order valence-corrected chi connectivity index (χ3v) is 13.3. The van der Waals surface area contributed by atoms with Crippen LogP contribution < -0.4 is 14.5 Å². The van der Waals surface area contributed by atoms with E-state index in [2.05, 4.69) is 238 Å². The van der Waals surface area contributed by atoms with E-state index >= 15 is 0 Å². The lowest BCUT2D eigenvalue weighted by atomic mass is 9.85. The number of pyridine rings is 1. The van der Waals surface area contributed by atoms with Crippen LogP contribution in [0.4, 0.5) is 22.7 Å². The Kier molecular flexibility index (Phi) is 11.0. The lowest BCUT2D eigenvalue weighted by Crippen LogP contribution is -2.25. The number of ether oxygens (including phenoxy) is 1. The highest BCUT2D eigenvalue weighted by Crippen LogP contribution is 2.48. The molecular formula is C60H66N4O. The summed E-state index contributed by atoms with van der Waals surface area (Å²) in [5.74, 6) is 3.24. The van der Waals surface area contributed by atoms with Crippen molar-refractivity contribution in [1.82, 2.24) is 9.55 Å². The molecule has 0 bridgehead atoms. The van der Waals surface area contributed by atoms with Crippen LogP contribution in [0.1, 0.15) is 130 Å². The van der Waals surface area contributed by atoms with Gasteiger partial charge in [-0.2, -0.15) is 0 Å². The lowest BCUT2D eigenvalue weighted by molar-refractivity contribution is 0.479. The zero-order chi connectivity index (χ0) is 46.2. The Balaban J connectivity index is 1.16. The van der Waals surface area contributed by atoms with Gasteiger partial charge in [0.1, 0.15) is 24.0 Å². The topological polar surface area (TPSA) is 33.5 Å². The molecule has 6 aromatic carbocycles. The molecule has 2 aromatic heterocycles. The number of rotatable bonds is 8. The van der Waals surface area contributed by atoms with E-state index in [9.17, 15) is 0 Å². The number of hydrogen-bond donors (Lipinski definition) is 0. The zero-order valence-corrected chi connectivity index (χ0v) is 40.8. The van der Waals surface area contributed by atoms with E-state index in [0.717, 1.165) is 39.4 Å². The standard InChI is InChI=1S/C60H66N4O/c1-38(2)48-21-17-22-49(39(3)4)57(48)40-28-29-61-56(30-40)64-52-23-15-14-20-50(52)51-26-25-46(36-54(51)64)65-47-33-43(60(11,12)13)32-45(35-47)63-37-62(44-19-16-18-41(31-44)58(5,6)7)53-27-24-42(34-55(53)63)59(8,9)10/h14-36,38-39H,37H2,1-13H3. The number of para-hydroxylation sites is 1. The van der Waals surface area contributed by atoms with Gasteiger partial charge in [-0.25, -0.2) is 4.98 Å². The summed E-state index contributed by atoms with van der Waals surface area (Å²) in [6, 6.07) is 49.3. The predicted octanol–water partition coefficient (Wildman–Crippen LogP) is 17.0. The van der Waals surface area contributed by atoms with Crippen molar-refractivity contribution in [3.8, 4) is 28.4 Å². The molecule has 0 spiro atoms. The first-order valence-corrected chi connectivity index (χ1v) is 23.5. The van der Waals surface area contributed by atoms with Gasteiger partial charge >= 0.3 is 0 Å². The highest BCUT2D eigenvalue weighted by molar-refractivity contribution is 6.09. The molecule has 1 aliphatic rings. The van der Waals surface area contributed by atoms with Gasteiger partial charge in [0.15, 0.2) is 0 Å². The molecule has 0 unspecified atom stereocenters. The number of nitrogens with zero attached hydrogens (tertiary/aromatic N) is 4. The summed E-state index contributed by atoms with van der Waals surface area (Å²) < 4.78 is 9.35. The van der Waals surface area contributed by atoms with Crippen molar-refractivity contribution >= 4 is 44.6 Å². The van der Waals surface area contributed by atoms with Gasteiger partial charge in [0.25, 0.3) is 0 Å². The number of benzene rings is 6. The first-order chi connectivity index (χ1) is 30.8. The molecular weight excluding hydrogens is 793 g/mol. The summed E-state index contributed by atoms with van der Waals surface area (Å²) in [4.78, 5) is 9.99. The van der Waals surface area contributed by atoms with Crippen molar-refractivity contribution in [3.05, 3.63) is 167 Å². The molecule has 0 amide bonds. The van der Waals surface area contributed by atoms with Crippen molar-refractivity contribution in [1.29, 1.82) is 0 Å². The van der Waals surface area contributed by atoms with Gasteiger partial charge in [0.05, 0.1) is 22.4 Å². The normalized spacial score (nSPS) is 13.5. The molecule has 9 rings (SSSR count). The van der Waals surface area contributed by atoms with Crippen LogP contribution in [-0.4, -0.2) is 16.2 Å². The molecule has 0 fully saturated rings. The molecule has 1 aliphatic heterocycles. The van der Waals surface area contributed by atoms with Gasteiger partial charge in [-0.15, -0.1) is 0 Å². The van der Waals surface area contributed by atoms with E-state index in [1.807, 2.05) is 6.20 Å². The van der Waals surface area contributed by atoms with Crippen LogP contribution in [0.5, 0.6) is 11.5 Å². The van der Waals surface area contributed by atoms with Crippen LogP contribution in [0.3, 0.4) is 0 Å². The minimum Gasteiger partial charge on any atom is -0.457 e. The SMILES string of the molecule is CC(C)c1cccc(C(C)C)c1-c1ccnc(-n2c3ccccc3c3ccc(Oc4cc(N5CN(c6cccc(C(C)(C)C)c6)c6ccc(C(C)(C)C)cc65)cc(C(C)(C)C)c4)cc32)c1. The second-order valence-electron chi connectivity index (χ2n) is 21.9. The summed E-state index contributed by atoms with van der Waals surface area (Å²) in [6.45, 7) is 30.4. The van der Waals surface area contributed by atoms with E-state index in [0.29, 0.717) is 18.5 Å². The summed E-state index contributed by atoms with van der Waals surface area (Å²) >= 11 is 0. The van der Waals surface area contributed by atoms with Crippen LogP contribution >= 0.6 is 0 Å². The van der Waals surface area contributed by atoms with Crippen LogP contribution in [-0.2, 0) is 16.2 Å². The Morgan fingerprint density at radius 3 is 1.82 bits per heavy atom. The van der Waals surface area contributed by atoms with E-state index in [-0.39, 0.29) is 16.2 Å². The fourth-order valence-corrected chi connectivity index (χ4v) is 9.52. The van der Waals surface area contributed by atoms with Gasteiger partial charge in [0, 0.05) is 40.5 Å². The number of hydrogen-bond acceptors (Lipinski definition) is 4. The minimum atomic E-state index is -0.124. The highest BCUT2D eigenvalue weighted by atomic mass is 16.5. The van der Waals surface area contributed by atoms with Crippen molar-refractivity contribution in [2.75, 3.05) is 16.5 Å². The molecule has 5 nitrogen and oxygen atoms in total. The molecule has 0 atom stereocenters. The maximum absolute atomic E-state index is 7.04. The minimum absolute atomic E-state index is 0.00462. The molecule has 0 N–H and O–H groups in total. The molecule has 65 heavy (non-hydrogen) atoms. The van der Waals surface area contributed by atoms with Gasteiger partial charge in [-0.1, -0.05) is 145 Å². The quantitative estimate of drug-likeness (QED) is 0.152. The number of fused-ring (bicyclic) bond motifs is 4. The van der Waals surface area contributed by atoms with Crippen LogP contribution in [0.15, 0.2) is 140 Å². The average molecular weight is 859 g/mol. The molecule has 8 aromatic rings. The van der Waals surface area contributed by atoms with Gasteiger partial charge < -0.3 is 14.5 Å². The van der Waals surface area contributed by atoms with E-state index in [1.165, 1.54) is 61.4 Å². The van der Waals surface area contributed by atoms with E-state index in [4.69, 9.17) is 9.72 Å². The van der Waals surface area contributed by atoms with E-state index in [1.54, 1.807) is 0 Å². The molecule has 0 saturated carbocycles. The van der Waals surface area contributed by atoms with Crippen molar-refractivity contribution < 1.29 is 4.74 Å². The lowest BCUT2D eigenvalue weighted by Gasteiger charge is -2.27. The summed E-state index contributed by atoms with van der Waals surface area (Å²) in [7, 11) is 0. The summed E-state index contributed by atoms with van der Waals surface area (Å²) in [5.41, 5.74) is 15.8. The number of anilines is 4. The molecule has 0 aliphatic carbocycles. The zero-order valence-electron chi connectivity index (χ0n) is 40.8. The Hall–Kier alpha value is -6.33. The maximum Gasteiger partial charge on any atom is 0.138 e. The monoisotopic (exact) mass is 859 g/mol. The highest BCUT2D eigenvalue weighted by Gasteiger charge is 2.32. The van der Waals surface area contributed by atoms with Crippen molar-refractivity contribution in [2.24, 2.45) is 0 Å². The Bertz CT molecular complexity index is 3050. The van der Waals surface area contributed by atoms with E-state index < -0.39 is 0 Å². The smallest absolute Gasteiger partial charge is 0.138 e. The second-order valence-corrected chi connectivity index (χ2v) is 21.9. The summed E-state index contributed by atoms with van der Waals surface area (Å²) in [6.07, 6.45) is 1.97. The average Bonchev–Trinajstić information content (AvgIpc) is 3.81. The Morgan fingerprint density at radius 2 is 1.12 bits per heavy atom. The van der Waals surface area contributed by atoms with Gasteiger partial charge in [0.2, 0.25) is 0 Å². The molecule has 0 radical (unpaired) electrons. The molecule has 332 valence electrons. The third-order valence-electron chi connectivity index (χ3n) is 13.3. The van der Waals surface area contributed by atoms with Crippen LogP contribution in [0.2, 0.25) is 0 Å². The predicted molar refractivity (Wildman–Crippen MR) is 277 cm³/mol. The van der Waals surface area contributed by atoms with Crippen molar-refractivity contribution in [3.63, 3.8) is 0 Å². The Morgan fingerprint density at radius 1 is 0.492 bits per heavy atom. The fraction of sp³-hybridized carbons (Fsp3) is 0.317. The van der Waals surface area contributed by atoms with Crippen molar-refractivity contribution in [2.45, 2.75) is 118 Å².